The number of hydrogen-bond acceptors (Lipinski definition) is 6. The molecule has 1 fully saturated rings. The average Bonchev–Trinajstić information content (AvgIpc) is 3.19. The number of halogens is 3. The minimum Gasteiger partial charge on any atom is -0.490 e. The quantitative estimate of drug-likeness (QED) is 0.115. The summed E-state index contributed by atoms with van der Waals surface area (Å²) < 4.78 is 26.2. The number of thioether (sulfide) groups is 1. The van der Waals surface area contributed by atoms with E-state index >= 15 is 0 Å². The number of rotatable bonds is 7. The lowest BCUT2D eigenvalue weighted by atomic mass is 10.0. The first-order chi connectivity index (χ1) is 19.3. The van der Waals surface area contributed by atoms with Crippen molar-refractivity contribution in [3.63, 3.8) is 0 Å². The van der Waals surface area contributed by atoms with E-state index in [0.717, 1.165) is 27.4 Å². The van der Waals surface area contributed by atoms with E-state index in [9.17, 15) is 18.8 Å². The normalized spacial score (nSPS) is 14.3. The molecule has 1 aliphatic heterocycles. The maximum Gasteiger partial charge on any atom is 0.344 e. The monoisotopic (exact) mass is 639 g/mol. The second-order valence-corrected chi connectivity index (χ2v) is 10.9. The molecule has 0 saturated carbocycles. The molecule has 2 amide bonds. The van der Waals surface area contributed by atoms with Gasteiger partial charge in [-0.05, 0) is 87.4 Å². The van der Waals surface area contributed by atoms with Crippen LogP contribution in [0.1, 0.15) is 28.4 Å². The van der Waals surface area contributed by atoms with Crippen LogP contribution in [0.3, 0.4) is 0 Å². The molecule has 0 bridgehead atoms. The van der Waals surface area contributed by atoms with Crippen molar-refractivity contribution in [1.29, 1.82) is 0 Å². The molecule has 0 N–H and O–H groups in total. The summed E-state index contributed by atoms with van der Waals surface area (Å²) in [7, 11) is 0. The zero-order valence-electron chi connectivity index (χ0n) is 21.0. The van der Waals surface area contributed by atoms with Gasteiger partial charge in [0.2, 0.25) is 0 Å². The third-order valence-corrected chi connectivity index (χ3v) is 7.94. The number of nitrogens with zero attached hydrogens (tertiary/aromatic N) is 1. The number of hydrogen-bond donors (Lipinski definition) is 0. The topological polar surface area (TPSA) is 72.9 Å². The molecule has 202 valence electrons. The number of carbonyl (C=O) groups excluding carboxylic acids is 3. The number of imide groups is 1. The fraction of sp³-hybridized carbons (Fsp3) is 0.100. The summed E-state index contributed by atoms with van der Waals surface area (Å²) in [6, 6.07) is 20.3. The Hall–Kier alpha value is -3.66. The first kappa shape index (κ1) is 27.9. The molecule has 0 spiro atoms. The lowest BCUT2D eigenvalue weighted by Gasteiger charge is -2.15. The first-order valence-corrected chi connectivity index (χ1v) is 14.1. The van der Waals surface area contributed by atoms with E-state index in [1.165, 1.54) is 24.3 Å². The minimum atomic E-state index is -0.602. The molecule has 1 heterocycles. The molecule has 6 nitrogen and oxygen atoms in total. The Morgan fingerprint density at radius 1 is 1.07 bits per heavy atom. The van der Waals surface area contributed by atoms with Crippen molar-refractivity contribution in [2.75, 3.05) is 6.61 Å². The fourth-order valence-corrected chi connectivity index (χ4v) is 5.82. The molecule has 0 unspecified atom stereocenters. The Morgan fingerprint density at radius 2 is 1.82 bits per heavy atom. The molecular formula is C30H20BrClFNO5S. The Kier molecular flexibility index (Phi) is 8.25. The summed E-state index contributed by atoms with van der Waals surface area (Å²) in [5, 5.41) is 1.25. The predicted octanol–water partition coefficient (Wildman–Crippen LogP) is 8.25. The SMILES string of the molecule is CCOc1cc(/C=C2\SC(=O)N(Cc3c(F)cccc3Cl)C2=O)cc(Br)c1OC(=O)c1cccc2ccccc12. The molecule has 4 aromatic carbocycles. The second-order valence-electron chi connectivity index (χ2n) is 8.65. The zero-order chi connectivity index (χ0) is 28.4. The molecule has 0 atom stereocenters. The largest absolute Gasteiger partial charge is 0.490 e. The van der Waals surface area contributed by atoms with Crippen LogP contribution >= 0.6 is 39.3 Å². The van der Waals surface area contributed by atoms with Gasteiger partial charge in [0.25, 0.3) is 11.1 Å². The molecule has 1 saturated heterocycles. The third kappa shape index (κ3) is 5.63. The molecule has 0 radical (unpaired) electrons. The number of esters is 1. The van der Waals surface area contributed by atoms with E-state index in [1.807, 2.05) is 30.3 Å². The highest BCUT2D eigenvalue weighted by atomic mass is 79.9. The van der Waals surface area contributed by atoms with E-state index in [0.29, 0.717) is 15.6 Å². The van der Waals surface area contributed by atoms with E-state index in [1.54, 1.807) is 31.2 Å². The Morgan fingerprint density at radius 3 is 2.60 bits per heavy atom. The molecular weight excluding hydrogens is 621 g/mol. The molecule has 1 aliphatic rings. The maximum absolute atomic E-state index is 14.3. The minimum absolute atomic E-state index is 0.0615. The van der Waals surface area contributed by atoms with Crippen LogP contribution in [-0.2, 0) is 11.3 Å². The van der Waals surface area contributed by atoms with Crippen molar-refractivity contribution in [2.24, 2.45) is 0 Å². The lowest BCUT2D eigenvalue weighted by Crippen LogP contribution is -2.28. The number of benzene rings is 4. The van der Waals surface area contributed by atoms with E-state index in [2.05, 4.69) is 15.9 Å². The maximum atomic E-state index is 14.3. The van der Waals surface area contributed by atoms with Crippen molar-refractivity contribution in [3.05, 3.63) is 110 Å². The first-order valence-electron chi connectivity index (χ1n) is 12.1. The van der Waals surface area contributed by atoms with Crippen LogP contribution in [0.2, 0.25) is 5.02 Å². The number of carbonyl (C=O) groups is 3. The molecule has 40 heavy (non-hydrogen) atoms. The third-order valence-electron chi connectivity index (χ3n) is 6.09. The molecule has 10 heteroatoms. The molecule has 4 aromatic rings. The number of ether oxygens (including phenoxy) is 2. The van der Waals surface area contributed by atoms with Crippen LogP contribution in [-0.4, -0.2) is 28.6 Å². The highest BCUT2D eigenvalue weighted by molar-refractivity contribution is 9.10. The predicted molar refractivity (Wildman–Crippen MR) is 157 cm³/mol. The Bertz CT molecular complexity index is 1680. The van der Waals surface area contributed by atoms with Crippen molar-refractivity contribution in [2.45, 2.75) is 13.5 Å². The van der Waals surface area contributed by atoms with Gasteiger partial charge < -0.3 is 9.47 Å². The van der Waals surface area contributed by atoms with E-state index in [4.69, 9.17) is 21.1 Å². The summed E-state index contributed by atoms with van der Waals surface area (Å²) in [5.41, 5.74) is 0.987. The van der Waals surface area contributed by atoms with Gasteiger partial charge in [-0.1, -0.05) is 54.1 Å². The number of amides is 2. The van der Waals surface area contributed by atoms with Crippen molar-refractivity contribution in [3.8, 4) is 11.5 Å². The summed E-state index contributed by atoms with van der Waals surface area (Å²) in [6.07, 6.45) is 1.53. The van der Waals surface area contributed by atoms with Crippen LogP contribution in [0.5, 0.6) is 11.5 Å². The summed E-state index contributed by atoms with van der Waals surface area (Å²) in [6.45, 7) is 1.79. The van der Waals surface area contributed by atoms with Crippen LogP contribution in [0.25, 0.3) is 16.8 Å². The zero-order valence-corrected chi connectivity index (χ0v) is 24.1. The summed E-state index contributed by atoms with van der Waals surface area (Å²) in [5.74, 6) is -1.28. The highest BCUT2D eigenvalue weighted by Gasteiger charge is 2.36. The van der Waals surface area contributed by atoms with Gasteiger partial charge in [-0.15, -0.1) is 0 Å². The van der Waals surface area contributed by atoms with Gasteiger partial charge in [0.1, 0.15) is 5.82 Å². The van der Waals surface area contributed by atoms with Gasteiger partial charge in [0.15, 0.2) is 11.5 Å². The summed E-state index contributed by atoms with van der Waals surface area (Å²) >= 11 is 10.3. The van der Waals surface area contributed by atoms with Crippen LogP contribution < -0.4 is 9.47 Å². The number of fused-ring (bicyclic) bond motifs is 1. The van der Waals surface area contributed by atoms with Gasteiger partial charge >= 0.3 is 5.97 Å². The fourth-order valence-electron chi connectivity index (χ4n) is 4.21. The van der Waals surface area contributed by atoms with Crippen molar-refractivity contribution >= 4 is 73.3 Å². The Balaban J connectivity index is 1.42. The van der Waals surface area contributed by atoms with Gasteiger partial charge in [-0.3, -0.25) is 14.5 Å². The van der Waals surface area contributed by atoms with E-state index in [-0.39, 0.29) is 40.1 Å². The van der Waals surface area contributed by atoms with Crippen LogP contribution in [0.15, 0.2) is 82.2 Å². The standard InChI is InChI=1S/C30H20BrClFNO5S/c1-2-38-25-14-17(15-26-28(35)34(30(37)40-26)16-21-23(32)11-6-12-24(21)33)13-22(31)27(25)39-29(36)20-10-5-8-18-7-3-4-9-19(18)20/h3-15H,2,16H2,1H3/b26-15-. The molecule has 0 aliphatic carbocycles. The second kappa shape index (κ2) is 11.8. The van der Waals surface area contributed by atoms with Crippen LogP contribution in [0, 0.1) is 5.82 Å². The summed E-state index contributed by atoms with van der Waals surface area (Å²) in [4.78, 5) is 39.9. The van der Waals surface area contributed by atoms with Gasteiger partial charge in [0, 0.05) is 10.6 Å². The highest BCUT2D eigenvalue weighted by Crippen LogP contribution is 2.40. The van der Waals surface area contributed by atoms with Gasteiger partial charge in [-0.25, -0.2) is 9.18 Å². The molecule has 5 rings (SSSR count). The Labute approximate surface area is 246 Å². The van der Waals surface area contributed by atoms with Crippen molar-refractivity contribution < 1.29 is 28.2 Å². The molecule has 0 aromatic heterocycles. The van der Waals surface area contributed by atoms with Gasteiger partial charge in [-0.2, -0.15) is 0 Å². The average molecular weight is 641 g/mol. The van der Waals surface area contributed by atoms with Crippen molar-refractivity contribution in [1.82, 2.24) is 4.90 Å². The van der Waals surface area contributed by atoms with Crippen LogP contribution in [0.4, 0.5) is 9.18 Å². The smallest absolute Gasteiger partial charge is 0.344 e. The lowest BCUT2D eigenvalue weighted by molar-refractivity contribution is -0.123. The van der Waals surface area contributed by atoms with E-state index < -0.39 is 22.9 Å². The van der Waals surface area contributed by atoms with Gasteiger partial charge in [0.05, 0.1) is 28.1 Å².